The summed E-state index contributed by atoms with van der Waals surface area (Å²) in [5.74, 6) is 0.182. The number of benzene rings is 2. The molecular formula is C19H17F2N2O+. The SMILES string of the molecule is FC(F)Oc1ccc([C@@H]2[NH2+]Cc3ccccc3-n3cccc32)cc1. The molecule has 3 nitrogen and oxygen atoms in total. The molecule has 0 amide bonds. The molecular weight excluding hydrogens is 310 g/mol. The lowest BCUT2D eigenvalue weighted by Gasteiger charge is -2.15. The third kappa shape index (κ3) is 2.67. The van der Waals surface area contributed by atoms with Crippen molar-refractivity contribution in [2.45, 2.75) is 19.2 Å². The van der Waals surface area contributed by atoms with Crippen molar-refractivity contribution in [3.8, 4) is 11.4 Å². The van der Waals surface area contributed by atoms with Crippen molar-refractivity contribution >= 4 is 0 Å². The summed E-state index contributed by atoms with van der Waals surface area (Å²) in [5.41, 5.74) is 4.69. The molecule has 24 heavy (non-hydrogen) atoms. The van der Waals surface area contributed by atoms with Crippen LogP contribution in [-0.4, -0.2) is 11.2 Å². The van der Waals surface area contributed by atoms with E-state index in [-0.39, 0.29) is 11.8 Å². The Kier molecular flexibility index (Phi) is 3.78. The number of aromatic nitrogens is 1. The normalized spacial score (nSPS) is 16.4. The second kappa shape index (κ2) is 6.09. The van der Waals surface area contributed by atoms with Crippen molar-refractivity contribution in [3.63, 3.8) is 0 Å². The van der Waals surface area contributed by atoms with Gasteiger partial charge in [-0.2, -0.15) is 8.78 Å². The molecule has 0 spiro atoms. The van der Waals surface area contributed by atoms with Gasteiger partial charge >= 0.3 is 6.61 Å². The first-order valence-corrected chi connectivity index (χ1v) is 7.86. The van der Waals surface area contributed by atoms with Crippen LogP contribution in [0, 0.1) is 0 Å². The molecule has 0 saturated carbocycles. The molecule has 3 aromatic rings. The van der Waals surface area contributed by atoms with Gasteiger partial charge in [0, 0.05) is 17.3 Å². The van der Waals surface area contributed by atoms with Crippen molar-refractivity contribution in [1.29, 1.82) is 0 Å². The lowest BCUT2D eigenvalue weighted by Crippen LogP contribution is -2.83. The lowest BCUT2D eigenvalue weighted by molar-refractivity contribution is -0.702. The lowest BCUT2D eigenvalue weighted by atomic mass is 10.0. The van der Waals surface area contributed by atoms with Gasteiger partial charge in [0.1, 0.15) is 12.3 Å². The van der Waals surface area contributed by atoms with E-state index in [9.17, 15) is 8.78 Å². The standard InChI is InChI=1S/C19H16F2N2O/c20-19(21)24-15-9-7-13(8-10-15)18-17-6-3-11-23(17)16-5-2-1-4-14(16)12-22-18/h1-11,18-19,22H,12H2/p+1/t18-/m0/s1. The monoisotopic (exact) mass is 327 g/mol. The third-order valence-corrected chi connectivity index (χ3v) is 4.39. The second-order valence-electron chi connectivity index (χ2n) is 5.80. The van der Waals surface area contributed by atoms with Gasteiger partial charge in [-0.3, -0.25) is 0 Å². The molecule has 122 valence electrons. The minimum absolute atomic E-state index is 0.105. The van der Waals surface area contributed by atoms with Crippen molar-refractivity contribution in [1.82, 2.24) is 4.57 Å². The van der Waals surface area contributed by atoms with E-state index in [1.54, 1.807) is 12.1 Å². The number of halogens is 2. The van der Waals surface area contributed by atoms with Crippen LogP contribution in [0.2, 0.25) is 0 Å². The highest BCUT2D eigenvalue weighted by atomic mass is 19.3. The second-order valence-corrected chi connectivity index (χ2v) is 5.80. The van der Waals surface area contributed by atoms with Gasteiger partial charge in [-0.15, -0.1) is 0 Å². The van der Waals surface area contributed by atoms with E-state index < -0.39 is 6.61 Å². The molecule has 5 heteroatoms. The summed E-state index contributed by atoms with van der Waals surface area (Å²) in [4.78, 5) is 0. The molecule has 1 aliphatic rings. The number of quaternary nitrogens is 1. The summed E-state index contributed by atoms with van der Waals surface area (Å²) in [5, 5.41) is 2.26. The molecule has 1 atom stereocenters. The fraction of sp³-hybridized carbons (Fsp3) is 0.158. The van der Waals surface area contributed by atoms with Crippen molar-refractivity contribution in [3.05, 3.63) is 83.7 Å². The smallest absolute Gasteiger partial charge is 0.387 e. The van der Waals surface area contributed by atoms with Crippen LogP contribution in [0.5, 0.6) is 5.75 Å². The largest absolute Gasteiger partial charge is 0.435 e. The van der Waals surface area contributed by atoms with Gasteiger partial charge in [0.25, 0.3) is 0 Å². The molecule has 1 aliphatic heterocycles. The highest BCUT2D eigenvalue weighted by Crippen LogP contribution is 2.28. The van der Waals surface area contributed by atoms with Crippen LogP contribution < -0.4 is 10.1 Å². The van der Waals surface area contributed by atoms with E-state index in [0.29, 0.717) is 0 Å². The Bertz CT molecular complexity index is 843. The van der Waals surface area contributed by atoms with E-state index in [1.165, 1.54) is 16.9 Å². The van der Waals surface area contributed by atoms with Gasteiger partial charge in [-0.05, 0) is 42.5 Å². The number of nitrogens with two attached hydrogens (primary N) is 1. The number of hydrogen-bond donors (Lipinski definition) is 1. The summed E-state index contributed by atoms with van der Waals surface area (Å²) >= 11 is 0. The zero-order valence-electron chi connectivity index (χ0n) is 12.9. The zero-order valence-corrected chi connectivity index (χ0v) is 12.9. The number of ether oxygens (including phenoxy) is 1. The zero-order chi connectivity index (χ0) is 16.5. The maximum absolute atomic E-state index is 12.3. The van der Waals surface area contributed by atoms with Crippen LogP contribution in [0.4, 0.5) is 8.78 Å². The highest BCUT2D eigenvalue weighted by Gasteiger charge is 2.25. The van der Waals surface area contributed by atoms with E-state index in [0.717, 1.165) is 12.1 Å². The van der Waals surface area contributed by atoms with Crippen LogP contribution >= 0.6 is 0 Å². The average molecular weight is 327 g/mol. The van der Waals surface area contributed by atoms with Gasteiger partial charge in [-0.1, -0.05) is 18.2 Å². The van der Waals surface area contributed by atoms with E-state index in [2.05, 4.69) is 39.0 Å². The maximum atomic E-state index is 12.3. The first-order chi connectivity index (χ1) is 11.7. The molecule has 0 radical (unpaired) electrons. The molecule has 2 N–H and O–H groups in total. The van der Waals surface area contributed by atoms with Crippen molar-refractivity contribution < 1.29 is 18.8 Å². The third-order valence-electron chi connectivity index (χ3n) is 4.39. The molecule has 1 aromatic heterocycles. The van der Waals surface area contributed by atoms with E-state index in [1.807, 2.05) is 30.3 Å². The Labute approximate surface area is 138 Å². The van der Waals surface area contributed by atoms with Crippen LogP contribution in [0.25, 0.3) is 5.69 Å². The van der Waals surface area contributed by atoms with Crippen LogP contribution in [0.3, 0.4) is 0 Å². The molecule has 0 fully saturated rings. The topological polar surface area (TPSA) is 30.8 Å². The van der Waals surface area contributed by atoms with Crippen molar-refractivity contribution in [2.24, 2.45) is 0 Å². The first kappa shape index (κ1) is 14.9. The number of nitrogens with zero attached hydrogens (tertiary/aromatic N) is 1. The summed E-state index contributed by atoms with van der Waals surface area (Å²) in [6.07, 6.45) is 2.06. The average Bonchev–Trinajstić information content (AvgIpc) is 3.00. The number of fused-ring (bicyclic) bond motifs is 3. The van der Waals surface area contributed by atoms with Crippen molar-refractivity contribution in [2.75, 3.05) is 0 Å². The molecule has 0 bridgehead atoms. The van der Waals surface area contributed by atoms with E-state index in [4.69, 9.17) is 0 Å². The molecule has 2 aromatic carbocycles. The maximum Gasteiger partial charge on any atom is 0.387 e. The Morgan fingerprint density at radius 1 is 1.00 bits per heavy atom. The first-order valence-electron chi connectivity index (χ1n) is 7.86. The summed E-state index contributed by atoms with van der Waals surface area (Å²) in [6, 6.07) is 19.5. The van der Waals surface area contributed by atoms with Gasteiger partial charge in [0.05, 0.1) is 11.4 Å². The molecule has 0 saturated heterocycles. The number of hydrogen-bond acceptors (Lipinski definition) is 1. The van der Waals surface area contributed by atoms with Gasteiger partial charge in [-0.25, -0.2) is 0 Å². The van der Waals surface area contributed by atoms with Gasteiger partial charge < -0.3 is 14.6 Å². The summed E-state index contributed by atoms with van der Waals surface area (Å²) < 4.78 is 31.2. The van der Waals surface area contributed by atoms with Crippen LogP contribution in [-0.2, 0) is 6.54 Å². The van der Waals surface area contributed by atoms with Crippen LogP contribution in [0.15, 0.2) is 66.9 Å². The molecule has 4 rings (SSSR count). The Hall–Kier alpha value is -2.66. The molecule has 0 aliphatic carbocycles. The van der Waals surface area contributed by atoms with Crippen LogP contribution in [0.1, 0.15) is 22.9 Å². The Morgan fingerprint density at radius 3 is 2.58 bits per heavy atom. The summed E-state index contributed by atoms with van der Waals surface area (Å²) in [7, 11) is 0. The highest BCUT2D eigenvalue weighted by molar-refractivity contribution is 5.45. The number of rotatable bonds is 3. The summed E-state index contributed by atoms with van der Waals surface area (Å²) in [6.45, 7) is -1.94. The minimum Gasteiger partial charge on any atom is -0.435 e. The Morgan fingerprint density at radius 2 is 1.79 bits per heavy atom. The van der Waals surface area contributed by atoms with E-state index >= 15 is 0 Å². The minimum atomic E-state index is -2.80. The predicted molar refractivity (Wildman–Crippen MR) is 86.3 cm³/mol. The number of para-hydroxylation sites is 1. The van der Waals surface area contributed by atoms with Gasteiger partial charge in [0.15, 0.2) is 6.04 Å². The van der Waals surface area contributed by atoms with Gasteiger partial charge in [0.2, 0.25) is 0 Å². The predicted octanol–water partition coefficient (Wildman–Crippen LogP) is 3.25. The number of alkyl halides is 2. The quantitative estimate of drug-likeness (QED) is 0.786. The molecule has 2 heterocycles. The Balaban J connectivity index is 1.71. The molecule has 0 unspecified atom stereocenters. The fourth-order valence-electron chi connectivity index (χ4n) is 3.31. The fourth-order valence-corrected chi connectivity index (χ4v) is 3.31.